The summed E-state index contributed by atoms with van der Waals surface area (Å²) in [6.45, 7) is 1.80. The van der Waals surface area contributed by atoms with Crippen molar-refractivity contribution in [3.05, 3.63) is 93.5 Å². The molecule has 0 saturated carbocycles. The number of para-hydroxylation sites is 1. The topological polar surface area (TPSA) is 105 Å². The van der Waals surface area contributed by atoms with Gasteiger partial charge in [0.25, 0.3) is 5.91 Å². The van der Waals surface area contributed by atoms with Crippen LogP contribution in [0.2, 0.25) is 0 Å². The van der Waals surface area contributed by atoms with Gasteiger partial charge in [0, 0.05) is 27.4 Å². The third kappa shape index (κ3) is 6.08. The number of aryl methyl sites for hydroxylation is 1. The van der Waals surface area contributed by atoms with E-state index in [1.165, 1.54) is 18.2 Å². The van der Waals surface area contributed by atoms with Crippen LogP contribution in [0.3, 0.4) is 0 Å². The number of aromatic carboxylic acids is 1. The lowest BCUT2D eigenvalue weighted by atomic mass is 10.1. The fourth-order valence-corrected chi connectivity index (χ4v) is 3.43. The lowest BCUT2D eigenvalue weighted by Gasteiger charge is -2.11. The van der Waals surface area contributed by atoms with Gasteiger partial charge in [-0.1, -0.05) is 34.1 Å². The van der Waals surface area contributed by atoms with Crippen LogP contribution in [-0.2, 0) is 4.79 Å². The van der Waals surface area contributed by atoms with Gasteiger partial charge in [0.1, 0.15) is 5.75 Å². The fourth-order valence-electron chi connectivity index (χ4n) is 3.05. The molecule has 2 amide bonds. The van der Waals surface area contributed by atoms with Crippen LogP contribution in [0.4, 0.5) is 11.4 Å². The lowest BCUT2D eigenvalue weighted by Crippen LogP contribution is -2.16. The summed E-state index contributed by atoms with van der Waals surface area (Å²) >= 11 is 3.39. The van der Waals surface area contributed by atoms with Crippen molar-refractivity contribution in [2.75, 3.05) is 17.7 Å². The van der Waals surface area contributed by atoms with E-state index in [4.69, 9.17) is 4.74 Å². The van der Waals surface area contributed by atoms with Gasteiger partial charge in [-0.2, -0.15) is 0 Å². The molecule has 7 nitrogen and oxygen atoms in total. The minimum Gasteiger partial charge on any atom is -0.496 e. The number of carboxylic acids is 1. The van der Waals surface area contributed by atoms with Crippen molar-refractivity contribution in [2.45, 2.75) is 6.92 Å². The summed E-state index contributed by atoms with van der Waals surface area (Å²) < 4.78 is 6.15. The van der Waals surface area contributed by atoms with E-state index < -0.39 is 11.9 Å². The Hall–Kier alpha value is -3.91. The Bertz CT molecular complexity index is 1250. The summed E-state index contributed by atoms with van der Waals surface area (Å²) in [6, 6.07) is 16.4. The number of amides is 2. The molecule has 33 heavy (non-hydrogen) atoms. The van der Waals surface area contributed by atoms with Gasteiger partial charge in [0.15, 0.2) is 0 Å². The van der Waals surface area contributed by atoms with Crippen LogP contribution in [0.15, 0.2) is 71.2 Å². The second kappa shape index (κ2) is 10.6. The number of methoxy groups -OCH3 is 1. The highest BCUT2D eigenvalue weighted by atomic mass is 79.9. The minimum absolute atomic E-state index is 0.0143. The van der Waals surface area contributed by atoms with Gasteiger partial charge in [-0.05, 0) is 61.0 Å². The normalized spacial score (nSPS) is 10.6. The predicted octanol–water partition coefficient (Wildman–Crippen LogP) is 5.37. The molecule has 3 N–H and O–H groups in total. The quantitative estimate of drug-likeness (QED) is 0.372. The molecule has 0 bridgehead atoms. The molecule has 0 fully saturated rings. The van der Waals surface area contributed by atoms with E-state index in [1.54, 1.807) is 56.5 Å². The third-order valence-electron chi connectivity index (χ3n) is 4.77. The summed E-state index contributed by atoms with van der Waals surface area (Å²) in [5, 5.41) is 14.7. The first-order valence-electron chi connectivity index (χ1n) is 9.85. The van der Waals surface area contributed by atoms with Crippen LogP contribution in [0.1, 0.15) is 31.8 Å². The predicted molar refractivity (Wildman–Crippen MR) is 131 cm³/mol. The Labute approximate surface area is 199 Å². The lowest BCUT2D eigenvalue weighted by molar-refractivity contribution is -0.111. The van der Waals surface area contributed by atoms with E-state index >= 15 is 0 Å². The molecule has 0 aliphatic carbocycles. The Morgan fingerprint density at radius 2 is 1.73 bits per heavy atom. The second-order valence-electron chi connectivity index (χ2n) is 7.04. The number of hydrogen-bond donors (Lipinski definition) is 3. The van der Waals surface area contributed by atoms with E-state index in [9.17, 15) is 19.5 Å². The number of carboxylic acid groups (broad SMARTS) is 1. The summed E-state index contributed by atoms with van der Waals surface area (Å²) in [7, 11) is 1.55. The van der Waals surface area contributed by atoms with Crippen LogP contribution in [0.5, 0.6) is 5.75 Å². The maximum absolute atomic E-state index is 12.7. The van der Waals surface area contributed by atoms with Crippen molar-refractivity contribution in [3.8, 4) is 5.75 Å². The second-order valence-corrected chi connectivity index (χ2v) is 7.96. The maximum atomic E-state index is 12.7. The number of ether oxygens (including phenoxy) is 1. The zero-order chi connectivity index (χ0) is 24.0. The molecule has 0 spiro atoms. The number of anilines is 2. The number of benzene rings is 3. The zero-order valence-corrected chi connectivity index (χ0v) is 19.5. The molecule has 3 aromatic rings. The first kappa shape index (κ1) is 23.7. The average Bonchev–Trinajstić information content (AvgIpc) is 2.79. The largest absolute Gasteiger partial charge is 0.496 e. The molecular weight excluding hydrogens is 488 g/mol. The first-order valence-corrected chi connectivity index (χ1v) is 10.6. The van der Waals surface area contributed by atoms with Crippen LogP contribution in [0.25, 0.3) is 6.08 Å². The highest BCUT2D eigenvalue weighted by Gasteiger charge is 2.14. The molecule has 3 aromatic carbocycles. The van der Waals surface area contributed by atoms with E-state index in [-0.39, 0.29) is 22.7 Å². The van der Waals surface area contributed by atoms with Gasteiger partial charge in [0.05, 0.1) is 18.4 Å². The van der Waals surface area contributed by atoms with Gasteiger partial charge >= 0.3 is 5.97 Å². The van der Waals surface area contributed by atoms with Crippen LogP contribution in [0, 0.1) is 6.92 Å². The molecule has 0 saturated heterocycles. The number of carbonyl (C=O) groups is 3. The molecule has 0 radical (unpaired) electrons. The molecular formula is C25H21BrN2O5. The molecule has 3 rings (SSSR count). The molecule has 0 aliphatic rings. The molecule has 0 heterocycles. The first-order chi connectivity index (χ1) is 15.8. The standard InChI is InChI=1S/C25H21BrN2O5/c1-15-7-8-17(24(30)28-20-6-4-3-5-19(20)25(31)32)14-21(15)27-23(29)12-9-16-13-18(26)10-11-22(16)33-2/h3-14H,1-2H3,(H,27,29)(H,28,30)(H,31,32). The van der Waals surface area contributed by atoms with Crippen LogP contribution >= 0.6 is 15.9 Å². The van der Waals surface area contributed by atoms with E-state index in [0.29, 0.717) is 11.4 Å². The Morgan fingerprint density at radius 3 is 2.45 bits per heavy atom. The SMILES string of the molecule is COc1ccc(Br)cc1C=CC(=O)Nc1cc(C(=O)Nc2ccccc2C(=O)O)ccc1C. The van der Waals surface area contributed by atoms with Gasteiger partial charge in [-0.25, -0.2) is 4.79 Å². The number of halogens is 1. The van der Waals surface area contributed by atoms with Gasteiger partial charge in [0.2, 0.25) is 5.91 Å². The van der Waals surface area contributed by atoms with E-state index in [1.807, 2.05) is 12.1 Å². The van der Waals surface area contributed by atoms with Gasteiger partial charge in [-0.15, -0.1) is 0 Å². The van der Waals surface area contributed by atoms with Gasteiger partial charge < -0.3 is 20.5 Å². The summed E-state index contributed by atoms with van der Waals surface area (Å²) in [5.41, 5.74) is 2.40. The molecule has 0 aromatic heterocycles. The molecule has 0 unspecified atom stereocenters. The molecule has 0 aliphatic heterocycles. The van der Waals surface area contributed by atoms with Gasteiger partial charge in [-0.3, -0.25) is 9.59 Å². The monoisotopic (exact) mass is 508 g/mol. The van der Waals surface area contributed by atoms with E-state index in [2.05, 4.69) is 26.6 Å². The van der Waals surface area contributed by atoms with Crippen LogP contribution < -0.4 is 15.4 Å². The highest BCUT2D eigenvalue weighted by Crippen LogP contribution is 2.24. The fraction of sp³-hybridized carbons (Fsp3) is 0.0800. The maximum Gasteiger partial charge on any atom is 0.337 e. The summed E-state index contributed by atoms with van der Waals surface area (Å²) in [5.74, 6) is -1.39. The number of rotatable bonds is 7. The number of hydrogen-bond acceptors (Lipinski definition) is 4. The van der Waals surface area contributed by atoms with Crippen molar-refractivity contribution in [1.82, 2.24) is 0 Å². The Kier molecular flexibility index (Phi) is 7.63. The Morgan fingerprint density at radius 1 is 0.970 bits per heavy atom. The van der Waals surface area contributed by atoms with Crippen molar-refractivity contribution >= 4 is 51.2 Å². The zero-order valence-electron chi connectivity index (χ0n) is 17.9. The van der Waals surface area contributed by atoms with E-state index in [0.717, 1.165) is 15.6 Å². The number of nitrogens with one attached hydrogen (secondary N) is 2. The minimum atomic E-state index is -1.14. The average molecular weight is 509 g/mol. The van der Waals surface area contributed by atoms with Crippen molar-refractivity contribution in [3.63, 3.8) is 0 Å². The number of carbonyl (C=O) groups excluding carboxylic acids is 2. The summed E-state index contributed by atoms with van der Waals surface area (Å²) in [4.78, 5) is 36.6. The van der Waals surface area contributed by atoms with Crippen molar-refractivity contribution in [1.29, 1.82) is 0 Å². The molecule has 168 valence electrons. The highest BCUT2D eigenvalue weighted by molar-refractivity contribution is 9.10. The summed E-state index contributed by atoms with van der Waals surface area (Å²) in [6.07, 6.45) is 3.01. The van der Waals surface area contributed by atoms with Crippen LogP contribution in [-0.4, -0.2) is 30.0 Å². The smallest absolute Gasteiger partial charge is 0.337 e. The third-order valence-corrected chi connectivity index (χ3v) is 5.26. The van der Waals surface area contributed by atoms with Crippen molar-refractivity contribution in [2.24, 2.45) is 0 Å². The molecule has 0 atom stereocenters. The molecule has 8 heteroatoms. The van der Waals surface area contributed by atoms with Crippen molar-refractivity contribution < 1.29 is 24.2 Å². The Balaban J connectivity index is 1.77.